The maximum atomic E-state index is 11.9. The molecule has 1 aromatic carbocycles. The third-order valence-corrected chi connectivity index (χ3v) is 3.07. The Morgan fingerprint density at radius 3 is 2.95 bits per heavy atom. The van der Waals surface area contributed by atoms with E-state index in [1.54, 1.807) is 0 Å². The number of aliphatic hydroxyl groups excluding tert-OH is 1. The average Bonchev–Trinajstić information content (AvgIpc) is 3.01. The number of oxime groups is 1. The summed E-state index contributed by atoms with van der Waals surface area (Å²) in [6, 6.07) is 9.68. The van der Waals surface area contributed by atoms with Gasteiger partial charge in [0, 0.05) is 19.6 Å². The van der Waals surface area contributed by atoms with Crippen molar-refractivity contribution in [1.29, 1.82) is 0 Å². The number of aliphatic hydroxyl groups is 1. The molecular formula is C15H20N2O4. The minimum atomic E-state index is -0.557. The van der Waals surface area contributed by atoms with Gasteiger partial charge < -0.3 is 20.0 Å². The van der Waals surface area contributed by atoms with Crippen LogP contribution in [0.15, 0.2) is 35.5 Å². The summed E-state index contributed by atoms with van der Waals surface area (Å²) in [6.07, 6.45) is 0.625. The third kappa shape index (κ3) is 4.84. The number of rotatable bonds is 8. The third-order valence-electron chi connectivity index (χ3n) is 3.07. The molecule has 114 valence electrons. The van der Waals surface area contributed by atoms with Crippen LogP contribution >= 0.6 is 0 Å². The molecule has 1 amide bonds. The molecule has 21 heavy (non-hydrogen) atoms. The predicted octanol–water partition coefficient (Wildman–Crippen LogP) is 0.695. The molecule has 6 heteroatoms. The molecule has 6 nitrogen and oxygen atoms in total. The van der Waals surface area contributed by atoms with E-state index < -0.39 is 6.10 Å². The highest BCUT2D eigenvalue weighted by atomic mass is 16.6. The monoisotopic (exact) mass is 292 g/mol. The zero-order valence-electron chi connectivity index (χ0n) is 11.8. The van der Waals surface area contributed by atoms with Crippen LogP contribution in [0, 0.1) is 0 Å². The normalized spacial score (nSPS) is 17.2. The summed E-state index contributed by atoms with van der Waals surface area (Å²) in [5.74, 6) is -0.160. The van der Waals surface area contributed by atoms with Gasteiger partial charge in [-0.1, -0.05) is 35.5 Å². The molecule has 0 spiro atoms. The Labute approximate surface area is 123 Å². The lowest BCUT2D eigenvalue weighted by Crippen LogP contribution is -2.35. The van der Waals surface area contributed by atoms with Crippen LogP contribution in [-0.2, 0) is 14.4 Å². The van der Waals surface area contributed by atoms with Crippen molar-refractivity contribution in [2.45, 2.75) is 18.9 Å². The maximum absolute atomic E-state index is 11.9. The van der Waals surface area contributed by atoms with Crippen LogP contribution in [0.5, 0.6) is 0 Å². The Balaban J connectivity index is 1.67. The summed E-state index contributed by atoms with van der Waals surface area (Å²) >= 11 is 0. The molecule has 0 aliphatic carbocycles. The minimum absolute atomic E-state index is 0.0157. The molecule has 1 heterocycles. The van der Waals surface area contributed by atoms with Crippen molar-refractivity contribution in [2.24, 2.45) is 5.16 Å². The average molecular weight is 292 g/mol. The second-order valence-corrected chi connectivity index (χ2v) is 4.68. The number of benzene rings is 1. The van der Waals surface area contributed by atoms with E-state index in [0.29, 0.717) is 32.6 Å². The van der Waals surface area contributed by atoms with Crippen LogP contribution in [0.3, 0.4) is 0 Å². The first-order valence-corrected chi connectivity index (χ1v) is 7.05. The largest absolute Gasteiger partial charge is 0.394 e. The number of amides is 1. The van der Waals surface area contributed by atoms with Gasteiger partial charge in [0.05, 0.1) is 18.9 Å². The molecule has 0 saturated carbocycles. The summed E-state index contributed by atoms with van der Waals surface area (Å²) in [5, 5.41) is 15.3. The zero-order chi connectivity index (χ0) is 14.9. The van der Waals surface area contributed by atoms with Crippen molar-refractivity contribution in [1.82, 2.24) is 5.32 Å². The molecule has 1 aromatic rings. The Hall–Kier alpha value is -1.92. The summed E-state index contributed by atoms with van der Waals surface area (Å²) in [5.41, 5.74) is 1.77. The fourth-order valence-corrected chi connectivity index (χ4v) is 1.99. The van der Waals surface area contributed by atoms with Gasteiger partial charge in [-0.15, -0.1) is 0 Å². The number of hydrogen-bond acceptors (Lipinski definition) is 5. The lowest BCUT2D eigenvalue weighted by Gasteiger charge is -2.09. The van der Waals surface area contributed by atoms with Gasteiger partial charge in [0.2, 0.25) is 6.10 Å². The Kier molecular flexibility index (Phi) is 6.18. The molecule has 2 N–H and O–H groups in total. The van der Waals surface area contributed by atoms with Crippen molar-refractivity contribution in [3.05, 3.63) is 35.9 Å². The van der Waals surface area contributed by atoms with Gasteiger partial charge in [0.15, 0.2) is 0 Å². The van der Waals surface area contributed by atoms with Crippen LogP contribution in [0.25, 0.3) is 0 Å². The standard InChI is InChI=1S/C15H20N2O4/c18-8-10-20-9-4-7-16-15(19)14-11-13(17-21-14)12-5-2-1-3-6-12/h1-3,5-6,14,18H,4,7-11H2,(H,16,19). The lowest BCUT2D eigenvalue weighted by atomic mass is 10.0. The number of hydrogen-bond donors (Lipinski definition) is 2. The SMILES string of the molecule is O=C(NCCCOCCO)C1CC(c2ccccc2)=NO1. The number of carbonyl (C=O) groups is 1. The molecule has 0 bridgehead atoms. The van der Waals surface area contributed by atoms with Crippen LogP contribution < -0.4 is 5.32 Å². The summed E-state index contributed by atoms with van der Waals surface area (Å²) in [7, 11) is 0. The van der Waals surface area contributed by atoms with Crippen molar-refractivity contribution < 1.29 is 19.5 Å². The number of nitrogens with one attached hydrogen (secondary N) is 1. The van der Waals surface area contributed by atoms with Crippen molar-refractivity contribution in [2.75, 3.05) is 26.4 Å². The second-order valence-electron chi connectivity index (χ2n) is 4.68. The molecular weight excluding hydrogens is 272 g/mol. The molecule has 2 rings (SSSR count). The predicted molar refractivity (Wildman–Crippen MR) is 78.0 cm³/mol. The van der Waals surface area contributed by atoms with E-state index in [0.717, 1.165) is 11.3 Å². The molecule has 1 aliphatic heterocycles. The van der Waals surface area contributed by atoms with Crippen molar-refractivity contribution >= 4 is 11.6 Å². The van der Waals surface area contributed by atoms with E-state index in [4.69, 9.17) is 14.7 Å². The molecule has 1 atom stereocenters. The lowest BCUT2D eigenvalue weighted by molar-refractivity contribution is -0.131. The molecule has 0 saturated heterocycles. The van der Waals surface area contributed by atoms with Crippen LogP contribution in [-0.4, -0.2) is 49.2 Å². The first kappa shape index (κ1) is 15.5. The van der Waals surface area contributed by atoms with E-state index in [9.17, 15) is 4.79 Å². The summed E-state index contributed by atoms with van der Waals surface area (Å²) < 4.78 is 5.11. The van der Waals surface area contributed by atoms with Gasteiger partial charge in [0.1, 0.15) is 0 Å². The highest BCUT2D eigenvalue weighted by molar-refractivity contribution is 6.04. The Bertz CT molecular complexity index is 476. The van der Waals surface area contributed by atoms with Gasteiger partial charge in [-0.25, -0.2) is 0 Å². The van der Waals surface area contributed by atoms with E-state index in [1.807, 2.05) is 30.3 Å². The number of ether oxygens (including phenoxy) is 1. The summed E-state index contributed by atoms with van der Waals surface area (Å²) in [4.78, 5) is 17.1. The maximum Gasteiger partial charge on any atom is 0.264 e. The fraction of sp³-hybridized carbons (Fsp3) is 0.467. The molecule has 0 fully saturated rings. The minimum Gasteiger partial charge on any atom is -0.394 e. The van der Waals surface area contributed by atoms with Gasteiger partial charge in [0.25, 0.3) is 5.91 Å². The highest BCUT2D eigenvalue weighted by Crippen LogP contribution is 2.16. The summed E-state index contributed by atoms with van der Waals surface area (Å²) in [6.45, 7) is 1.37. The Morgan fingerprint density at radius 1 is 1.38 bits per heavy atom. The first-order chi connectivity index (χ1) is 10.3. The fourth-order valence-electron chi connectivity index (χ4n) is 1.99. The van der Waals surface area contributed by atoms with Crippen LogP contribution in [0.1, 0.15) is 18.4 Å². The van der Waals surface area contributed by atoms with Crippen molar-refractivity contribution in [3.8, 4) is 0 Å². The van der Waals surface area contributed by atoms with Crippen molar-refractivity contribution in [3.63, 3.8) is 0 Å². The van der Waals surface area contributed by atoms with Gasteiger partial charge in [-0.2, -0.15) is 0 Å². The number of nitrogens with zero attached hydrogens (tertiary/aromatic N) is 1. The highest BCUT2D eigenvalue weighted by Gasteiger charge is 2.28. The first-order valence-electron chi connectivity index (χ1n) is 7.05. The molecule has 1 aliphatic rings. The van der Waals surface area contributed by atoms with Gasteiger partial charge in [-0.05, 0) is 12.0 Å². The van der Waals surface area contributed by atoms with Crippen LogP contribution in [0.2, 0.25) is 0 Å². The molecule has 0 aromatic heterocycles. The van der Waals surface area contributed by atoms with E-state index in [1.165, 1.54) is 0 Å². The van der Waals surface area contributed by atoms with Crippen LogP contribution in [0.4, 0.5) is 0 Å². The number of carbonyl (C=O) groups excluding carboxylic acids is 1. The topological polar surface area (TPSA) is 80.2 Å². The van der Waals surface area contributed by atoms with E-state index in [-0.39, 0.29) is 12.5 Å². The molecule has 0 radical (unpaired) electrons. The quantitative estimate of drug-likeness (QED) is 0.691. The van der Waals surface area contributed by atoms with E-state index >= 15 is 0 Å². The van der Waals surface area contributed by atoms with Gasteiger partial charge >= 0.3 is 0 Å². The molecule has 1 unspecified atom stereocenters. The Morgan fingerprint density at radius 2 is 2.19 bits per heavy atom. The second kappa shape index (κ2) is 8.39. The zero-order valence-corrected chi connectivity index (χ0v) is 11.8. The van der Waals surface area contributed by atoms with Gasteiger partial charge in [-0.3, -0.25) is 4.79 Å². The van der Waals surface area contributed by atoms with E-state index in [2.05, 4.69) is 10.5 Å². The smallest absolute Gasteiger partial charge is 0.264 e.